The predicted octanol–water partition coefficient (Wildman–Crippen LogP) is 7.58. The maximum atomic E-state index is 16.2. The molecule has 9 nitrogen and oxygen atoms in total. The lowest BCUT2D eigenvalue weighted by Crippen LogP contribution is -2.52. The largest absolute Gasteiger partial charge is 0.508 e. The maximum absolute atomic E-state index is 16.2. The number of phenols is 1. The van der Waals surface area contributed by atoms with E-state index in [1.807, 2.05) is 30.3 Å². The quantitative estimate of drug-likeness (QED) is 0.194. The van der Waals surface area contributed by atoms with Gasteiger partial charge in [-0.15, -0.1) is 0 Å². The lowest BCUT2D eigenvalue weighted by Gasteiger charge is -2.54. The number of carbonyl (C=O) groups is 3. The minimum Gasteiger partial charge on any atom is -0.508 e. The van der Waals surface area contributed by atoms with Gasteiger partial charge in [-0.3, -0.25) is 19.7 Å². The highest BCUT2D eigenvalue weighted by Gasteiger charge is 2.50. The number of fused-ring (bicyclic) bond motifs is 5. The number of phenolic OH excluding ortho intramolecular Hbond substituents is 1. The zero-order chi connectivity index (χ0) is 40.8. The van der Waals surface area contributed by atoms with Gasteiger partial charge in [0.15, 0.2) is 0 Å². The number of ether oxygens (including phenoxy) is 1. The number of aromatic hydroxyl groups is 1. The van der Waals surface area contributed by atoms with E-state index in [0.717, 1.165) is 93.7 Å². The van der Waals surface area contributed by atoms with Crippen molar-refractivity contribution in [2.45, 2.75) is 94.0 Å². The first-order chi connectivity index (χ1) is 29.2. The third-order valence-corrected chi connectivity index (χ3v) is 15.8. The summed E-state index contributed by atoms with van der Waals surface area (Å²) in [6.45, 7) is 5.90. The number of hydrogen-bond acceptors (Lipinski definition) is 7. The molecule has 2 N–H and O–H groups in total. The van der Waals surface area contributed by atoms with Gasteiger partial charge in [0.05, 0.1) is 18.8 Å². The second-order valence-corrected chi connectivity index (χ2v) is 19.1. The van der Waals surface area contributed by atoms with Crippen LogP contribution in [0.5, 0.6) is 11.5 Å². The van der Waals surface area contributed by atoms with Crippen molar-refractivity contribution in [2.75, 3.05) is 44.2 Å². The molecule has 0 unspecified atom stereocenters. The number of halogens is 1. The highest BCUT2D eigenvalue weighted by molar-refractivity contribution is 6.05. The molecule has 4 aromatic rings. The van der Waals surface area contributed by atoms with Gasteiger partial charge in [0.25, 0.3) is 5.91 Å². The lowest BCUT2D eigenvalue weighted by atomic mass is 9.57. The molecule has 5 aliphatic heterocycles. The lowest BCUT2D eigenvalue weighted by molar-refractivity contribution is -0.136. The van der Waals surface area contributed by atoms with Gasteiger partial charge in [-0.1, -0.05) is 48.5 Å². The first kappa shape index (κ1) is 37.8. The summed E-state index contributed by atoms with van der Waals surface area (Å²) >= 11 is 0. The number of imide groups is 1. The Hall–Kier alpha value is -5.22. The maximum Gasteiger partial charge on any atom is 0.255 e. The second-order valence-electron chi connectivity index (χ2n) is 19.1. The number of piperidine rings is 3. The molecule has 5 heterocycles. The van der Waals surface area contributed by atoms with Gasteiger partial charge in [0, 0.05) is 54.1 Å². The molecule has 3 atom stereocenters. The zero-order valence-corrected chi connectivity index (χ0v) is 34.1. The van der Waals surface area contributed by atoms with E-state index in [-0.39, 0.29) is 47.1 Å². The van der Waals surface area contributed by atoms with Crippen LogP contribution in [0, 0.1) is 17.2 Å². The highest BCUT2D eigenvalue weighted by atomic mass is 19.1. The Morgan fingerprint density at radius 3 is 2.40 bits per heavy atom. The summed E-state index contributed by atoms with van der Waals surface area (Å²) in [5.41, 5.74) is 8.34. The Morgan fingerprint density at radius 2 is 1.63 bits per heavy atom. The van der Waals surface area contributed by atoms with Crippen LogP contribution in [0.25, 0.3) is 0 Å². The second kappa shape index (κ2) is 14.5. The Labute approximate surface area is 350 Å². The third-order valence-electron chi connectivity index (χ3n) is 15.8. The van der Waals surface area contributed by atoms with Crippen LogP contribution >= 0.6 is 0 Å². The van der Waals surface area contributed by atoms with Crippen LogP contribution in [0.2, 0.25) is 0 Å². The van der Waals surface area contributed by atoms with E-state index in [9.17, 15) is 19.5 Å². The monoisotopic (exact) mass is 808 g/mol. The van der Waals surface area contributed by atoms with E-state index in [1.54, 1.807) is 17.0 Å². The molecule has 7 aliphatic rings. The number of hydrogen-bond donors (Lipinski definition) is 2. The van der Waals surface area contributed by atoms with Crippen LogP contribution in [0.4, 0.5) is 10.1 Å². The fourth-order valence-corrected chi connectivity index (χ4v) is 12.6. The van der Waals surface area contributed by atoms with Crippen molar-refractivity contribution in [1.82, 2.24) is 15.1 Å². The molecular weight excluding hydrogens is 756 g/mol. The van der Waals surface area contributed by atoms with Gasteiger partial charge in [0.1, 0.15) is 23.4 Å². The Morgan fingerprint density at radius 1 is 0.833 bits per heavy atom. The molecule has 11 rings (SSSR count). The van der Waals surface area contributed by atoms with E-state index in [4.69, 9.17) is 4.74 Å². The van der Waals surface area contributed by atoms with Crippen molar-refractivity contribution in [2.24, 2.45) is 11.3 Å². The molecule has 1 saturated carbocycles. The Kier molecular flexibility index (Phi) is 9.10. The molecule has 3 amide bonds. The molecule has 310 valence electrons. The van der Waals surface area contributed by atoms with Crippen LogP contribution in [0.1, 0.15) is 113 Å². The van der Waals surface area contributed by atoms with Crippen molar-refractivity contribution < 1.29 is 28.6 Å². The van der Waals surface area contributed by atoms with E-state index >= 15 is 4.39 Å². The SMILES string of the molecule is O=C1CC[C@H](N2Cc3c(ccc4c3OCC43CCN(CC4CC5(CCN(c6ccc([C@H]7c8ccc(O)cc8CC[C@H]7c7ccccc7)cc6F)CC5)C4)CC3)C2=O)C(=O)N1. The Bertz CT molecular complexity index is 2380. The van der Waals surface area contributed by atoms with Crippen molar-refractivity contribution in [1.29, 1.82) is 0 Å². The molecular formula is C50H53FN4O5. The van der Waals surface area contributed by atoms with Crippen LogP contribution in [0.15, 0.2) is 78.9 Å². The summed E-state index contributed by atoms with van der Waals surface area (Å²) in [5.74, 6) is 1.10. The van der Waals surface area contributed by atoms with E-state index in [2.05, 4.69) is 51.5 Å². The molecule has 2 aliphatic carbocycles. The summed E-state index contributed by atoms with van der Waals surface area (Å²) in [5, 5.41) is 12.6. The average Bonchev–Trinajstić information content (AvgIpc) is 3.78. The molecule has 0 radical (unpaired) electrons. The fourth-order valence-electron chi connectivity index (χ4n) is 12.6. The van der Waals surface area contributed by atoms with E-state index < -0.39 is 11.9 Å². The number of rotatable bonds is 6. The number of carbonyl (C=O) groups excluding carboxylic acids is 3. The van der Waals surface area contributed by atoms with Gasteiger partial charge in [0.2, 0.25) is 11.8 Å². The summed E-state index contributed by atoms with van der Waals surface area (Å²) in [6.07, 6.45) is 9.17. The number of nitrogens with one attached hydrogen (secondary N) is 1. The Balaban J connectivity index is 0.695. The van der Waals surface area contributed by atoms with Gasteiger partial charge in [-0.05, 0) is 141 Å². The van der Waals surface area contributed by atoms with Crippen molar-refractivity contribution >= 4 is 23.4 Å². The standard InChI is InChI=1S/C50H53FN4O5/c51-41-25-34(45-36(32-4-2-1-3-5-32)9-6-33-24-35(56)8-10-37(33)45)7-13-42(41)54-22-16-49(17-23-54)26-31(27-49)28-53-20-18-50(19-21-53)30-60-46-39-29-55(43-14-15-44(57)52-47(43)58)48(59)38(39)11-12-40(46)50/h1-5,7-8,10-13,24-25,31,36,43,45,56H,6,9,14-23,26-30H2,(H,52,57,58)/t36-,43-,45+/m0/s1. The summed E-state index contributed by atoms with van der Waals surface area (Å²) in [7, 11) is 0. The van der Waals surface area contributed by atoms with Crippen LogP contribution in [-0.4, -0.2) is 78.0 Å². The van der Waals surface area contributed by atoms with Gasteiger partial charge < -0.3 is 24.5 Å². The average molecular weight is 809 g/mol. The first-order valence-corrected chi connectivity index (χ1v) is 22.2. The topological polar surface area (TPSA) is 102 Å². The van der Waals surface area contributed by atoms with Crippen LogP contribution < -0.4 is 15.0 Å². The predicted molar refractivity (Wildman–Crippen MR) is 226 cm³/mol. The minimum absolute atomic E-state index is 0.0251. The normalized spacial score (nSPS) is 25.8. The first-order valence-electron chi connectivity index (χ1n) is 22.2. The molecule has 0 bridgehead atoms. The smallest absolute Gasteiger partial charge is 0.255 e. The molecule has 4 aromatic carbocycles. The summed E-state index contributed by atoms with van der Waals surface area (Å²) in [6, 6.07) is 25.6. The van der Waals surface area contributed by atoms with Crippen molar-refractivity contribution in [3.05, 3.63) is 124 Å². The number of anilines is 1. The highest BCUT2D eigenvalue weighted by Crippen LogP contribution is 2.55. The molecule has 4 fully saturated rings. The fraction of sp³-hybridized carbons (Fsp3) is 0.460. The third kappa shape index (κ3) is 6.31. The molecule has 3 saturated heterocycles. The number of aryl methyl sites for hydroxylation is 1. The van der Waals surface area contributed by atoms with Gasteiger partial charge in [-0.25, -0.2) is 4.39 Å². The van der Waals surface area contributed by atoms with Crippen LogP contribution in [-0.2, 0) is 28.0 Å². The van der Waals surface area contributed by atoms with Gasteiger partial charge in [-0.2, -0.15) is 0 Å². The van der Waals surface area contributed by atoms with E-state index in [1.165, 1.54) is 29.5 Å². The van der Waals surface area contributed by atoms with Gasteiger partial charge >= 0.3 is 0 Å². The molecule has 2 spiro atoms. The zero-order valence-electron chi connectivity index (χ0n) is 34.1. The molecule has 10 heteroatoms. The number of benzene rings is 4. The number of likely N-dealkylation sites (tertiary alicyclic amines) is 1. The molecule has 0 aromatic heterocycles. The summed E-state index contributed by atoms with van der Waals surface area (Å²) < 4.78 is 22.6. The van der Waals surface area contributed by atoms with Crippen molar-refractivity contribution in [3.63, 3.8) is 0 Å². The van der Waals surface area contributed by atoms with Crippen LogP contribution in [0.3, 0.4) is 0 Å². The molecule has 60 heavy (non-hydrogen) atoms. The summed E-state index contributed by atoms with van der Waals surface area (Å²) in [4.78, 5) is 44.3. The van der Waals surface area contributed by atoms with E-state index in [0.29, 0.717) is 42.2 Å². The minimum atomic E-state index is -0.631. The number of nitrogens with zero attached hydrogens (tertiary/aromatic N) is 3. The number of amides is 3. The van der Waals surface area contributed by atoms with Crippen molar-refractivity contribution in [3.8, 4) is 11.5 Å².